The minimum atomic E-state index is 0.0106. The number of aromatic amines is 2. The van der Waals surface area contributed by atoms with Crippen LogP contribution >= 0.6 is 11.3 Å². The Kier molecular flexibility index (Phi) is 3.93. The smallest absolute Gasteiger partial charge is 0.274 e. The van der Waals surface area contributed by atoms with Crippen LogP contribution in [0.5, 0.6) is 0 Å². The van der Waals surface area contributed by atoms with Crippen molar-refractivity contribution < 1.29 is 4.79 Å². The molecule has 4 heterocycles. The fraction of sp³-hybridized carbons (Fsp3) is 0.353. The van der Waals surface area contributed by atoms with Gasteiger partial charge in [0.25, 0.3) is 5.91 Å². The highest BCUT2D eigenvalue weighted by Crippen LogP contribution is 2.30. The van der Waals surface area contributed by atoms with Gasteiger partial charge in [0.2, 0.25) is 0 Å². The van der Waals surface area contributed by atoms with E-state index in [0.717, 1.165) is 42.2 Å². The number of likely N-dealkylation sites (tertiary alicyclic amines) is 1. The van der Waals surface area contributed by atoms with Crippen molar-refractivity contribution in [1.29, 1.82) is 0 Å². The van der Waals surface area contributed by atoms with E-state index < -0.39 is 0 Å². The van der Waals surface area contributed by atoms with Gasteiger partial charge >= 0.3 is 0 Å². The largest absolute Gasteiger partial charge is 0.337 e. The second-order valence-electron chi connectivity index (χ2n) is 6.16. The molecule has 0 atom stereocenters. The summed E-state index contributed by atoms with van der Waals surface area (Å²) >= 11 is 1.63. The predicted octanol–water partition coefficient (Wildman–Crippen LogP) is 3.19. The SMILES string of the molecule is Cc1[nH]ncc1C1CCN(C(=O)c2cc(-c3cccs3)[nH]n2)CC1. The van der Waals surface area contributed by atoms with Crippen LogP contribution in [0.15, 0.2) is 29.8 Å². The summed E-state index contributed by atoms with van der Waals surface area (Å²) < 4.78 is 0. The quantitative estimate of drug-likeness (QED) is 0.768. The summed E-state index contributed by atoms with van der Waals surface area (Å²) in [5.41, 5.74) is 3.81. The molecular formula is C17H19N5OS. The van der Waals surface area contributed by atoms with Crippen molar-refractivity contribution in [2.24, 2.45) is 0 Å². The van der Waals surface area contributed by atoms with Crippen molar-refractivity contribution >= 4 is 17.2 Å². The predicted molar refractivity (Wildman–Crippen MR) is 93.1 cm³/mol. The monoisotopic (exact) mass is 341 g/mol. The normalized spacial score (nSPS) is 15.8. The Morgan fingerprint density at radius 2 is 2.17 bits per heavy atom. The van der Waals surface area contributed by atoms with Gasteiger partial charge in [-0.05, 0) is 48.8 Å². The maximum Gasteiger partial charge on any atom is 0.274 e. The van der Waals surface area contributed by atoms with E-state index >= 15 is 0 Å². The van der Waals surface area contributed by atoms with Crippen LogP contribution in [0.4, 0.5) is 0 Å². The Morgan fingerprint density at radius 1 is 1.33 bits per heavy atom. The summed E-state index contributed by atoms with van der Waals surface area (Å²) in [6, 6.07) is 5.86. The molecule has 3 aromatic heterocycles. The summed E-state index contributed by atoms with van der Waals surface area (Å²) in [5, 5.41) is 16.3. The molecule has 6 nitrogen and oxygen atoms in total. The van der Waals surface area contributed by atoms with Gasteiger partial charge in [-0.15, -0.1) is 11.3 Å². The minimum Gasteiger partial charge on any atom is -0.337 e. The van der Waals surface area contributed by atoms with Crippen LogP contribution in [0.1, 0.15) is 40.5 Å². The van der Waals surface area contributed by atoms with E-state index in [-0.39, 0.29) is 5.91 Å². The van der Waals surface area contributed by atoms with E-state index in [1.54, 1.807) is 11.3 Å². The Hall–Kier alpha value is -2.41. The first-order valence-electron chi connectivity index (χ1n) is 8.11. The highest BCUT2D eigenvalue weighted by atomic mass is 32.1. The fourth-order valence-electron chi connectivity index (χ4n) is 3.32. The van der Waals surface area contributed by atoms with Crippen molar-refractivity contribution in [3.8, 4) is 10.6 Å². The Balaban J connectivity index is 1.42. The van der Waals surface area contributed by atoms with E-state index in [1.165, 1.54) is 5.56 Å². The van der Waals surface area contributed by atoms with Crippen LogP contribution in [0.3, 0.4) is 0 Å². The molecule has 1 aliphatic heterocycles. The number of amides is 1. The number of rotatable bonds is 3. The van der Waals surface area contributed by atoms with Gasteiger partial charge in [-0.2, -0.15) is 10.2 Å². The number of piperidine rings is 1. The third-order valence-electron chi connectivity index (χ3n) is 4.67. The van der Waals surface area contributed by atoms with Gasteiger partial charge in [0.05, 0.1) is 16.8 Å². The third-order valence-corrected chi connectivity index (χ3v) is 5.58. The summed E-state index contributed by atoms with van der Waals surface area (Å²) in [6.45, 7) is 3.57. The second kappa shape index (κ2) is 6.24. The molecule has 0 spiro atoms. The topological polar surface area (TPSA) is 77.7 Å². The molecule has 0 aromatic carbocycles. The average Bonchev–Trinajstić information content (AvgIpc) is 3.35. The summed E-state index contributed by atoms with van der Waals surface area (Å²) in [4.78, 5) is 15.7. The van der Waals surface area contributed by atoms with Gasteiger partial charge in [0.15, 0.2) is 5.69 Å². The van der Waals surface area contributed by atoms with E-state index in [4.69, 9.17) is 0 Å². The lowest BCUT2D eigenvalue weighted by atomic mass is 9.90. The molecule has 3 aromatic rings. The Bertz CT molecular complexity index is 827. The van der Waals surface area contributed by atoms with Crippen LogP contribution in [-0.4, -0.2) is 44.3 Å². The van der Waals surface area contributed by atoms with E-state index in [0.29, 0.717) is 11.6 Å². The van der Waals surface area contributed by atoms with Gasteiger partial charge in [0.1, 0.15) is 0 Å². The molecule has 0 saturated carbocycles. The molecule has 1 amide bonds. The number of carbonyl (C=O) groups excluding carboxylic acids is 1. The fourth-order valence-corrected chi connectivity index (χ4v) is 4.01. The molecule has 0 unspecified atom stereocenters. The summed E-state index contributed by atoms with van der Waals surface area (Å²) in [5.74, 6) is 0.491. The van der Waals surface area contributed by atoms with Crippen LogP contribution < -0.4 is 0 Å². The first kappa shape index (κ1) is 15.1. The number of thiophene rings is 1. The van der Waals surface area contributed by atoms with E-state index in [2.05, 4.69) is 27.3 Å². The molecule has 7 heteroatoms. The van der Waals surface area contributed by atoms with Crippen molar-refractivity contribution in [2.45, 2.75) is 25.7 Å². The second-order valence-corrected chi connectivity index (χ2v) is 7.11. The van der Waals surface area contributed by atoms with Gasteiger partial charge in [0, 0.05) is 18.8 Å². The number of carbonyl (C=O) groups is 1. The number of H-pyrrole nitrogens is 2. The zero-order chi connectivity index (χ0) is 16.5. The van der Waals surface area contributed by atoms with Crippen LogP contribution in [0.2, 0.25) is 0 Å². The van der Waals surface area contributed by atoms with Gasteiger partial charge in [-0.3, -0.25) is 15.0 Å². The lowest BCUT2D eigenvalue weighted by Gasteiger charge is -2.31. The summed E-state index contributed by atoms with van der Waals surface area (Å²) in [7, 11) is 0. The Morgan fingerprint density at radius 3 is 2.83 bits per heavy atom. The number of hydrogen-bond donors (Lipinski definition) is 2. The molecular weight excluding hydrogens is 322 g/mol. The molecule has 2 N–H and O–H groups in total. The number of nitrogens with one attached hydrogen (secondary N) is 2. The summed E-state index contributed by atoms with van der Waals surface area (Å²) in [6.07, 6.45) is 3.85. The van der Waals surface area contributed by atoms with Crippen LogP contribution in [-0.2, 0) is 0 Å². The molecule has 0 radical (unpaired) electrons. The van der Waals surface area contributed by atoms with Gasteiger partial charge in [-0.25, -0.2) is 0 Å². The molecule has 124 valence electrons. The zero-order valence-electron chi connectivity index (χ0n) is 13.5. The standard InChI is InChI=1S/C17H19N5OS/c1-11-13(10-18-19-11)12-4-6-22(7-5-12)17(23)15-9-14(20-21-15)16-3-2-8-24-16/h2-3,8-10,12H,4-7H2,1H3,(H,18,19)(H,20,21). The first-order valence-corrected chi connectivity index (χ1v) is 8.99. The average molecular weight is 341 g/mol. The van der Waals surface area contributed by atoms with Crippen LogP contribution in [0, 0.1) is 6.92 Å². The van der Waals surface area contributed by atoms with Crippen LogP contribution in [0.25, 0.3) is 10.6 Å². The van der Waals surface area contributed by atoms with Crippen molar-refractivity contribution in [3.63, 3.8) is 0 Å². The maximum atomic E-state index is 12.7. The molecule has 0 aliphatic carbocycles. The van der Waals surface area contributed by atoms with Gasteiger partial charge in [-0.1, -0.05) is 6.07 Å². The zero-order valence-corrected chi connectivity index (χ0v) is 14.3. The third kappa shape index (κ3) is 2.75. The van der Waals surface area contributed by atoms with E-state index in [1.807, 2.05) is 34.7 Å². The first-order chi connectivity index (χ1) is 11.7. The lowest BCUT2D eigenvalue weighted by Crippen LogP contribution is -2.38. The minimum absolute atomic E-state index is 0.0106. The Labute approximate surface area is 143 Å². The van der Waals surface area contributed by atoms with Gasteiger partial charge < -0.3 is 4.90 Å². The highest BCUT2D eigenvalue weighted by molar-refractivity contribution is 7.13. The van der Waals surface area contributed by atoms with Crippen molar-refractivity contribution in [3.05, 3.63) is 46.7 Å². The molecule has 1 saturated heterocycles. The van der Waals surface area contributed by atoms with Crippen molar-refractivity contribution in [1.82, 2.24) is 25.3 Å². The molecule has 0 bridgehead atoms. The molecule has 1 fully saturated rings. The van der Waals surface area contributed by atoms with E-state index in [9.17, 15) is 4.79 Å². The number of hydrogen-bond acceptors (Lipinski definition) is 4. The highest BCUT2D eigenvalue weighted by Gasteiger charge is 2.27. The van der Waals surface area contributed by atoms with Crippen molar-refractivity contribution in [2.75, 3.05) is 13.1 Å². The number of nitrogens with zero attached hydrogens (tertiary/aromatic N) is 3. The molecule has 24 heavy (non-hydrogen) atoms. The molecule has 4 rings (SSSR count). The maximum absolute atomic E-state index is 12.7. The number of aryl methyl sites for hydroxylation is 1. The lowest BCUT2D eigenvalue weighted by molar-refractivity contribution is 0.0707. The number of aromatic nitrogens is 4. The molecule has 1 aliphatic rings.